The van der Waals surface area contributed by atoms with E-state index in [1.54, 1.807) is 30.3 Å². The van der Waals surface area contributed by atoms with Gasteiger partial charge in [0.25, 0.3) is 0 Å². The van der Waals surface area contributed by atoms with Crippen molar-refractivity contribution in [2.24, 2.45) is 0 Å². The molecule has 0 aromatic heterocycles. The minimum atomic E-state index is -0.794. The van der Waals surface area contributed by atoms with E-state index in [9.17, 15) is 9.59 Å². The van der Waals surface area contributed by atoms with Crippen LogP contribution in [-0.2, 0) is 9.59 Å². The Morgan fingerprint density at radius 1 is 1.35 bits per heavy atom. The lowest BCUT2D eigenvalue weighted by Gasteiger charge is -2.08. The van der Waals surface area contributed by atoms with E-state index < -0.39 is 17.9 Å². The molecule has 6 heteroatoms. The molecule has 0 aliphatic carbocycles. The van der Waals surface area contributed by atoms with Gasteiger partial charge in [-0.1, -0.05) is 12.7 Å². The summed E-state index contributed by atoms with van der Waals surface area (Å²) >= 11 is 0. The summed E-state index contributed by atoms with van der Waals surface area (Å²) in [7, 11) is 0. The average Bonchev–Trinajstić information content (AvgIpc) is 2.43. The van der Waals surface area contributed by atoms with Crippen molar-refractivity contribution in [3.8, 4) is 5.75 Å². The smallest absolute Gasteiger partial charge is 0.313 e. The minimum absolute atomic E-state index is 0.0284. The molecule has 1 rings (SSSR count). The molecule has 108 valence electrons. The van der Waals surface area contributed by atoms with Crippen LogP contribution in [0.25, 0.3) is 0 Å². The highest BCUT2D eigenvalue weighted by atomic mass is 16.5. The van der Waals surface area contributed by atoms with Crippen LogP contribution < -0.4 is 15.4 Å². The maximum atomic E-state index is 11.5. The molecule has 2 amide bonds. The predicted octanol–water partition coefficient (Wildman–Crippen LogP) is 0.687. The molecule has 0 fully saturated rings. The van der Waals surface area contributed by atoms with E-state index >= 15 is 0 Å². The standard InChI is InChI=1S/C14H18N2O4/c1-3-8-20-12-6-4-11(5-7-12)16-14(19)13(18)15-9-10(2)17/h3-7,10,17H,1,8-9H2,2H3,(H,15,18)(H,16,19)/t10-/m1/s1. The maximum absolute atomic E-state index is 11.5. The summed E-state index contributed by atoms with van der Waals surface area (Å²) in [6.07, 6.45) is 0.926. The highest BCUT2D eigenvalue weighted by Crippen LogP contribution is 2.15. The molecule has 20 heavy (non-hydrogen) atoms. The molecule has 0 heterocycles. The first kappa shape index (κ1) is 15.7. The van der Waals surface area contributed by atoms with Gasteiger partial charge in [0.1, 0.15) is 12.4 Å². The molecule has 0 spiro atoms. The van der Waals surface area contributed by atoms with Gasteiger partial charge in [-0.2, -0.15) is 0 Å². The number of carbonyl (C=O) groups is 2. The summed E-state index contributed by atoms with van der Waals surface area (Å²) in [5.74, 6) is -0.940. The van der Waals surface area contributed by atoms with Crippen molar-refractivity contribution in [1.29, 1.82) is 0 Å². The Morgan fingerprint density at radius 3 is 2.55 bits per heavy atom. The van der Waals surface area contributed by atoms with Gasteiger partial charge in [-0.05, 0) is 31.2 Å². The number of benzene rings is 1. The molecule has 0 radical (unpaired) electrons. The van der Waals surface area contributed by atoms with E-state index in [0.717, 1.165) is 0 Å². The molecule has 0 aliphatic rings. The molecule has 0 bridgehead atoms. The zero-order valence-electron chi connectivity index (χ0n) is 11.3. The second-order valence-electron chi connectivity index (χ2n) is 4.14. The number of ether oxygens (including phenoxy) is 1. The van der Waals surface area contributed by atoms with Crippen LogP contribution in [-0.4, -0.2) is 36.2 Å². The second kappa shape index (κ2) is 7.96. The zero-order valence-corrected chi connectivity index (χ0v) is 11.3. The topological polar surface area (TPSA) is 87.7 Å². The Labute approximate surface area is 117 Å². The van der Waals surface area contributed by atoms with Crippen LogP contribution in [0.2, 0.25) is 0 Å². The fraction of sp³-hybridized carbons (Fsp3) is 0.286. The quantitative estimate of drug-likeness (QED) is 0.527. The Kier molecular flexibility index (Phi) is 6.25. The fourth-order valence-corrected chi connectivity index (χ4v) is 1.30. The summed E-state index contributed by atoms with van der Waals surface area (Å²) in [5.41, 5.74) is 0.480. The van der Waals surface area contributed by atoms with E-state index in [4.69, 9.17) is 9.84 Å². The zero-order chi connectivity index (χ0) is 15.0. The van der Waals surface area contributed by atoms with Crippen molar-refractivity contribution < 1.29 is 19.4 Å². The largest absolute Gasteiger partial charge is 0.490 e. The van der Waals surface area contributed by atoms with E-state index in [0.29, 0.717) is 18.0 Å². The number of rotatable bonds is 6. The second-order valence-corrected chi connectivity index (χ2v) is 4.14. The third-order valence-electron chi connectivity index (χ3n) is 2.24. The van der Waals surface area contributed by atoms with E-state index in [2.05, 4.69) is 17.2 Å². The van der Waals surface area contributed by atoms with Gasteiger partial charge in [0.05, 0.1) is 6.10 Å². The summed E-state index contributed by atoms with van der Waals surface area (Å²) in [6, 6.07) is 6.59. The van der Waals surface area contributed by atoms with Crippen LogP contribution in [0.4, 0.5) is 5.69 Å². The van der Waals surface area contributed by atoms with Gasteiger partial charge in [-0.25, -0.2) is 0 Å². The number of amides is 2. The average molecular weight is 278 g/mol. The molecule has 1 aromatic carbocycles. The number of carbonyl (C=O) groups excluding carboxylic acids is 2. The van der Waals surface area contributed by atoms with Gasteiger partial charge in [0.15, 0.2) is 0 Å². The lowest BCUT2D eigenvalue weighted by atomic mass is 10.3. The fourth-order valence-electron chi connectivity index (χ4n) is 1.30. The van der Waals surface area contributed by atoms with Crippen molar-refractivity contribution in [3.63, 3.8) is 0 Å². The lowest BCUT2D eigenvalue weighted by molar-refractivity contribution is -0.136. The molecule has 1 atom stereocenters. The number of hydrogen-bond donors (Lipinski definition) is 3. The van der Waals surface area contributed by atoms with Crippen molar-refractivity contribution in [2.75, 3.05) is 18.5 Å². The molecular weight excluding hydrogens is 260 g/mol. The Bertz CT molecular complexity index is 469. The highest BCUT2D eigenvalue weighted by molar-refractivity contribution is 6.39. The number of nitrogens with one attached hydrogen (secondary N) is 2. The SMILES string of the molecule is C=CCOc1ccc(NC(=O)C(=O)NC[C@@H](C)O)cc1. The van der Waals surface area contributed by atoms with Gasteiger partial charge in [0, 0.05) is 12.2 Å². The van der Waals surface area contributed by atoms with Crippen molar-refractivity contribution in [1.82, 2.24) is 5.32 Å². The van der Waals surface area contributed by atoms with Crippen LogP contribution in [0.5, 0.6) is 5.75 Å². The van der Waals surface area contributed by atoms with E-state index in [-0.39, 0.29) is 6.54 Å². The molecule has 3 N–H and O–H groups in total. The van der Waals surface area contributed by atoms with Gasteiger partial charge in [0.2, 0.25) is 0 Å². The summed E-state index contributed by atoms with van der Waals surface area (Å²) < 4.78 is 5.29. The monoisotopic (exact) mass is 278 g/mol. The molecule has 6 nitrogen and oxygen atoms in total. The van der Waals surface area contributed by atoms with Crippen molar-refractivity contribution in [3.05, 3.63) is 36.9 Å². The first-order valence-electron chi connectivity index (χ1n) is 6.14. The van der Waals surface area contributed by atoms with Gasteiger partial charge < -0.3 is 20.5 Å². The van der Waals surface area contributed by atoms with E-state index in [1.807, 2.05) is 0 Å². The Hall–Kier alpha value is -2.34. The maximum Gasteiger partial charge on any atom is 0.313 e. The van der Waals surface area contributed by atoms with Gasteiger partial charge in [-0.3, -0.25) is 9.59 Å². The first-order chi connectivity index (χ1) is 9.52. The number of aliphatic hydroxyl groups is 1. The van der Waals surface area contributed by atoms with Gasteiger partial charge >= 0.3 is 11.8 Å². The predicted molar refractivity (Wildman–Crippen MR) is 75.5 cm³/mol. The summed E-state index contributed by atoms with van der Waals surface area (Å²) in [5, 5.41) is 13.8. The number of aliphatic hydroxyl groups excluding tert-OH is 1. The highest BCUT2D eigenvalue weighted by Gasteiger charge is 2.13. The van der Waals surface area contributed by atoms with Crippen molar-refractivity contribution >= 4 is 17.5 Å². The third-order valence-corrected chi connectivity index (χ3v) is 2.24. The van der Waals surface area contributed by atoms with Crippen LogP contribution in [0.1, 0.15) is 6.92 Å². The molecule has 0 unspecified atom stereocenters. The van der Waals surface area contributed by atoms with Crippen molar-refractivity contribution in [2.45, 2.75) is 13.0 Å². The summed E-state index contributed by atoms with van der Waals surface area (Å²) in [6.45, 7) is 5.48. The number of anilines is 1. The normalized spacial score (nSPS) is 11.3. The Balaban J connectivity index is 2.49. The van der Waals surface area contributed by atoms with Crippen LogP contribution in [0.15, 0.2) is 36.9 Å². The van der Waals surface area contributed by atoms with Crippen LogP contribution >= 0.6 is 0 Å². The summed E-state index contributed by atoms with van der Waals surface area (Å²) in [4.78, 5) is 22.9. The lowest BCUT2D eigenvalue weighted by Crippen LogP contribution is -2.38. The van der Waals surface area contributed by atoms with Crippen LogP contribution in [0, 0.1) is 0 Å². The number of hydrogen-bond acceptors (Lipinski definition) is 4. The third kappa shape index (κ3) is 5.53. The minimum Gasteiger partial charge on any atom is -0.490 e. The Morgan fingerprint density at radius 2 is 2.00 bits per heavy atom. The van der Waals surface area contributed by atoms with E-state index in [1.165, 1.54) is 6.92 Å². The van der Waals surface area contributed by atoms with Gasteiger partial charge in [-0.15, -0.1) is 0 Å². The molecule has 1 aromatic rings. The molecule has 0 saturated heterocycles. The van der Waals surface area contributed by atoms with Crippen LogP contribution in [0.3, 0.4) is 0 Å². The first-order valence-corrected chi connectivity index (χ1v) is 6.14. The molecular formula is C14H18N2O4. The molecule has 0 saturated carbocycles. The molecule has 0 aliphatic heterocycles.